The second-order valence-electron chi connectivity index (χ2n) is 6.37. The third kappa shape index (κ3) is 5.12. The van der Waals surface area contributed by atoms with Gasteiger partial charge in [0.05, 0.1) is 19.4 Å². The Bertz CT molecular complexity index is 740. The lowest BCUT2D eigenvalue weighted by Gasteiger charge is -2.16. The van der Waals surface area contributed by atoms with Crippen molar-refractivity contribution in [3.63, 3.8) is 0 Å². The average molecular weight is 354 g/mol. The Morgan fingerprint density at radius 3 is 2.85 bits per heavy atom. The van der Waals surface area contributed by atoms with E-state index in [0.717, 1.165) is 42.4 Å². The molecule has 1 aliphatic heterocycles. The highest BCUT2D eigenvalue weighted by Gasteiger charge is 2.19. The second-order valence-corrected chi connectivity index (χ2v) is 6.37. The lowest BCUT2D eigenvalue weighted by atomic mass is 10.1. The molecule has 6 heteroatoms. The van der Waals surface area contributed by atoms with E-state index in [4.69, 9.17) is 4.42 Å². The molecule has 0 spiro atoms. The van der Waals surface area contributed by atoms with Gasteiger partial charge in [0, 0.05) is 26.1 Å². The van der Waals surface area contributed by atoms with Crippen molar-refractivity contribution < 1.29 is 9.21 Å². The van der Waals surface area contributed by atoms with Crippen LogP contribution in [0.4, 0.5) is 0 Å². The zero-order valence-electron chi connectivity index (χ0n) is 15.2. The van der Waals surface area contributed by atoms with Crippen LogP contribution in [0.25, 0.3) is 0 Å². The molecular formula is C20H26N4O2. The molecule has 0 bridgehead atoms. The van der Waals surface area contributed by atoms with E-state index in [1.807, 2.05) is 30.0 Å². The van der Waals surface area contributed by atoms with E-state index in [0.29, 0.717) is 26.1 Å². The van der Waals surface area contributed by atoms with Gasteiger partial charge in [-0.3, -0.25) is 4.79 Å². The van der Waals surface area contributed by atoms with Gasteiger partial charge < -0.3 is 20.0 Å². The Kier molecular flexibility index (Phi) is 6.30. The van der Waals surface area contributed by atoms with Gasteiger partial charge in [-0.05, 0) is 36.6 Å². The predicted molar refractivity (Wildman–Crippen MR) is 101 cm³/mol. The highest BCUT2D eigenvalue weighted by Crippen LogP contribution is 2.15. The van der Waals surface area contributed by atoms with Crippen molar-refractivity contribution in [3.8, 4) is 0 Å². The van der Waals surface area contributed by atoms with Gasteiger partial charge in [-0.1, -0.05) is 24.3 Å². The first-order chi connectivity index (χ1) is 12.7. The van der Waals surface area contributed by atoms with Gasteiger partial charge in [0.25, 0.3) is 0 Å². The van der Waals surface area contributed by atoms with E-state index in [1.165, 1.54) is 0 Å². The van der Waals surface area contributed by atoms with E-state index in [1.54, 1.807) is 6.26 Å². The number of amides is 1. The molecule has 0 aliphatic carbocycles. The molecule has 1 fully saturated rings. The Hall–Kier alpha value is -2.76. The monoisotopic (exact) mass is 354 g/mol. The summed E-state index contributed by atoms with van der Waals surface area (Å²) in [4.78, 5) is 18.4. The van der Waals surface area contributed by atoms with Gasteiger partial charge in [-0.15, -0.1) is 0 Å². The van der Waals surface area contributed by atoms with Crippen LogP contribution in [0.15, 0.2) is 52.1 Å². The van der Waals surface area contributed by atoms with E-state index in [9.17, 15) is 4.79 Å². The fraction of sp³-hybridized carbons (Fsp3) is 0.400. The highest BCUT2D eigenvalue weighted by molar-refractivity contribution is 5.79. The molecule has 3 rings (SSSR count). The first-order valence-electron chi connectivity index (χ1n) is 9.14. The quantitative estimate of drug-likeness (QED) is 0.592. The number of carbonyl (C=O) groups excluding carboxylic acids is 1. The van der Waals surface area contributed by atoms with Crippen molar-refractivity contribution in [1.82, 2.24) is 15.5 Å². The van der Waals surface area contributed by atoms with Gasteiger partial charge in [0.2, 0.25) is 5.91 Å². The molecule has 1 aliphatic rings. The number of rotatable bonds is 7. The summed E-state index contributed by atoms with van der Waals surface area (Å²) in [6.45, 7) is 5.56. The van der Waals surface area contributed by atoms with Crippen LogP contribution in [-0.2, 0) is 24.4 Å². The Balaban J connectivity index is 1.59. The molecule has 1 amide bonds. The summed E-state index contributed by atoms with van der Waals surface area (Å²) in [5.74, 6) is 1.88. The number of hydrogen-bond acceptors (Lipinski definition) is 3. The standard InChI is InChI=1S/C20H26N4O2/c1-2-21-20(23-14-18-8-5-11-26-18)22-13-16-6-3-7-17(12-16)15-24-10-4-9-19(24)25/h3,5-8,11-12H,2,4,9-10,13-15H2,1H3,(H2,21,22,23). The molecule has 0 radical (unpaired) electrons. The summed E-state index contributed by atoms with van der Waals surface area (Å²) in [6, 6.07) is 12.1. The first kappa shape index (κ1) is 18.0. The molecule has 2 N–H and O–H groups in total. The largest absolute Gasteiger partial charge is 0.467 e. The Morgan fingerprint density at radius 1 is 1.23 bits per heavy atom. The van der Waals surface area contributed by atoms with E-state index in [2.05, 4.69) is 33.8 Å². The Labute approximate surface area is 154 Å². The summed E-state index contributed by atoms with van der Waals surface area (Å²) in [5.41, 5.74) is 2.28. The summed E-state index contributed by atoms with van der Waals surface area (Å²) < 4.78 is 5.34. The van der Waals surface area contributed by atoms with Gasteiger partial charge in [0.15, 0.2) is 5.96 Å². The normalized spacial score (nSPS) is 14.7. The number of hydrogen-bond donors (Lipinski definition) is 2. The van der Waals surface area contributed by atoms with Crippen LogP contribution in [0.5, 0.6) is 0 Å². The zero-order valence-corrected chi connectivity index (χ0v) is 15.2. The molecule has 0 atom stereocenters. The first-order valence-corrected chi connectivity index (χ1v) is 9.14. The minimum atomic E-state index is 0.255. The van der Waals surface area contributed by atoms with Crippen LogP contribution >= 0.6 is 0 Å². The zero-order chi connectivity index (χ0) is 18.2. The van der Waals surface area contributed by atoms with Gasteiger partial charge in [-0.25, -0.2) is 4.99 Å². The molecule has 1 aromatic heterocycles. The second kappa shape index (κ2) is 9.08. The molecule has 2 aromatic rings. The van der Waals surface area contributed by atoms with Crippen molar-refractivity contribution in [3.05, 3.63) is 59.5 Å². The number of nitrogens with zero attached hydrogens (tertiary/aromatic N) is 2. The van der Waals surface area contributed by atoms with E-state index >= 15 is 0 Å². The number of aliphatic imine (C=N–C) groups is 1. The third-order valence-electron chi connectivity index (χ3n) is 4.31. The lowest BCUT2D eigenvalue weighted by Crippen LogP contribution is -2.36. The molecule has 1 aromatic carbocycles. The molecule has 26 heavy (non-hydrogen) atoms. The molecule has 1 saturated heterocycles. The number of likely N-dealkylation sites (tertiary alicyclic amines) is 1. The number of benzene rings is 1. The fourth-order valence-corrected chi connectivity index (χ4v) is 3.01. The maximum Gasteiger partial charge on any atom is 0.222 e. The smallest absolute Gasteiger partial charge is 0.222 e. The summed E-state index contributed by atoms with van der Waals surface area (Å²) in [5, 5.41) is 6.50. The number of furan rings is 1. The van der Waals surface area contributed by atoms with Crippen molar-refractivity contribution in [1.29, 1.82) is 0 Å². The number of carbonyl (C=O) groups is 1. The molecule has 6 nitrogen and oxygen atoms in total. The highest BCUT2D eigenvalue weighted by atomic mass is 16.3. The van der Waals surface area contributed by atoms with Gasteiger partial charge in [0.1, 0.15) is 5.76 Å². The number of guanidine groups is 1. The maximum atomic E-state index is 11.8. The van der Waals surface area contributed by atoms with Crippen molar-refractivity contribution >= 4 is 11.9 Å². The molecule has 138 valence electrons. The minimum Gasteiger partial charge on any atom is -0.467 e. The van der Waals surface area contributed by atoms with Crippen LogP contribution in [0, 0.1) is 0 Å². The topological polar surface area (TPSA) is 69.9 Å². The molecule has 0 unspecified atom stereocenters. The lowest BCUT2D eigenvalue weighted by molar-refractivity contribution is -0.128. The summed E-state index contributed by atoms with van der Waals surface area (Å²) in [7, 11) is 0. The van der Waals surface area contributed by atoms with Gasteiger partial charge in [-0.2, -0.15) is 0 Å². The van der Waals surface area contributed by atoms with Crippen molar-refractivity contribution in [2.75, 3.05) is 13.1 Å². The fourth-order valence-electron chi connectivity index (χ4n) is 3.01. The summed E-state index contributed by atoms with van der Waals surface area (Å²) >= 11 is 0. The van der Waals surface area contributed by atoms with E-state index in [-0.39, 0.29) is 5.91 Å². The third-order valence-corrected chi connectivity index (χ3v) is 4.31. The number of nitrogens with one attached hydrogen (secondary N) is 2. The Morgan fingerprint density at radius 2 is 2.12 bits per heavy atom. The minimum absolute atomic E-state index is 0.255. The van der Waals surface area contributed by atoms with Crippen LogP contribution in [0.3, 0.4) is 0 Å². The van der Waals surface area contributed by atoms with Crippen molar-refractivity contribution in [2.24, 2.45) is 4.99 Å². The molecule has 2 heterocycles. The van der Waals surface area contributed by atoms with Gasteiger partial charge >= 0.3 is 0 Å². The van der Waals surface area contributed by atoms with E-state index < -0.39 is 0 Å². The summed E-state index contributed by atoms with van der Waals surface area (Å²) in [6.07, 6.45) is 3.31. The van der Waals surface area contributed by atoms with Crippen LogP contribution in [0.2, 0.25) is 0 Å². The van der Waals surface area contributed by atoms with Crippen LogP contribution in [-0.4, -0.2) is 29.9 Å². The molecular weight excluding hydrogens is 328 g/mol. The maximum absolute atomic E-state index is 11.8. The van der Waals surface area contributed by atoms with Crippen LogP contribution < -0.4 is 10.6 Å². The molecule has 0 saturated carbocycles. The van der Waals surface area contributed by atoms with Crippen LogP contribution in [0.1, 0.15) is 36.7 Å². The average Bonchev–Trinajstić information content (AvgIpc) is 3.30. The van der Waals surface area contributed by atoms with Crippen molar-refractivity contribution in [2.45, 2.75) is 39.4 Å². The predicted octanol–water partition coefficient (Wildman–Crippen LogP) is 2.66. The SMILES string of the molecule is CCNC(=NCc1cccc(CN2CCCC2=O)c1)NCc1ccco1.